The van der Waals surface area contributed by atoms with Crippen LogP contribution in [-0.4, -0.2) is 4.92 Å². The number of nitrogens with two attached hydrogens (primary N) is 1. The summed E-state index contributed by atoms with van der Waals surface area (Å²) in [5.41, 5.74) is 8.29. The lowest BCUT2D eigenvalue weighted by Gasteiger charge is -1.95. The van der Waals surface area contributed by atoms with E-state index in [1.807, 2.05) is 54.6 Å². The molecular formula is C16H15ClN2O2. The number of allylic oxidation sites excluding steroid dienone is 2. The lowest BCUT2D eigenvalue weighted by atomic mass is 10.1. The molecule has 0 saturated heterocycles. The Hall–Kier alpha value is -2.59. The van der Waals surface area contributed by atoms with E-state index in [1.165, 1.54) is 12.1 Å². The molecule has 0 saturated carbocycles. The SMILES string of the molecule is Cl.Nc1cccc(C=CC=Cc2cccc([N+](=O)[O-])c2)c1. The van der Waals surface area contributed by atoms with Crippen LogP contribution < -0.4 is 5.73 Å². The molecule has 0 atom stereocenters. The first-order valence-corrected chi connectivity index (χ1v) is 6.10. The Morgan fingerprint density at radius 1 is 0.952 bits per heavy atom. The normalized spacial score (nSPS) is 10.7. The first-order valence-electron chi connectivity index (χ1n) is 6.10. The maximum absolute atomic E-state index is 10.7. The van der Waals surface area contributed by atoms with Crippen molar-refractivity contribution in [2.45, 2.75) is 0 Å². The molecule has 2 N–H and O–H groups in total. The van der Waals surface area contributed by atoms with Gasteiger partial charge in [0.25, 0.3) is 5.69 Å². The monoisotopic (exact) mass is 302 g/mol. The number of non-ortho nitro benzene ring substituents is 1. The highest BCUT2D eigenvalue weighted by Gasteiger charge is 2.02. The molecule has 0 bridgehead atoms. The van der Waals surface area contributed by atoms with Gasteiger partial charge in [-0.1, -0.05) is 48.6 Å². The van der Waals surface area contributed by atoms with Crippen LogP contribution in [0.4, 0.5) is 11.4 Å². The fourth-order valence-corrected chi connectivity index (χ4v) is 1.74. The Balaban J connectivity index is 0.00000220. The van der Waals surface area contributed by atoms with E-state index in [2.05, 4.69) is 0 Å². The van der Waals surface area contributed by atoms with Crippen molar-refractivity contribution < 1.29 is 4.92 Å². The van der Waals surface area contributed by atoms with Crippen LogP contribution in [0, 0.1) is 10.1 Å². The van der Waals surface area contributed by atoms with Crippen LogP contribution in [0.1, 0.15) is 11.1 Å². The number of rotatable bonds is 4. The summed E-state index contributed by atoms with van der Waals surface area (Å²) in [5, 5.41) is 10.7. The number of nitro groups is 1. The maximum Gasteiger partial charge on any atom is 0.270 e. The number of benzene rings is 2. The second kappa shape index (κ2) is 7.87. The largest absolute Gasteiger partial charge is 0.399 e. The summed E-state index contributed by atoms with van der Waals surface area (Å²) < 4.78 is 0. The lowest BCUT2D eigenvalue weighted by Crippen LogP contribution is -1.87. The summed E-state index contributed by atoms with van der Waals surface area (Å²) in [4.78, 5) is 10.3. The van der Waals surface area contributed by atoms with Gasteiger partial charge in [0.1, 0.15) is 0 Å². The molecule has 0 heterocycles. The molecule has 0 aliphatic carbocycles. The molecule has 0 radical (unpaired) electrons. The van der Waals surface area contributed by atoms with Crippen molar-refractivity contribution in [2.75, 3.05) is 5.73 Å². The van der Waals surface area contributed by atoms with E-state index in [0.717, 1.165) is 16.8 Å². The molecule has 5 heteroatoms. The van der Waals surface area contributed by atoms with Crippen LogP contribution in [0.3, 0.4) is 0 Å². The first kappa shape index (κ1) is 16.5. The molecule has 0 aliphatic heterocycles. The van der Waals surface area contributed by atoms with Crippen molar-refractivity contribution in [1.82, 2.24) is 0 Å². The summed E-state index contributed by atoms with van der Waals surface area (Å²) in [6.45, 7) is 0. The van der Waals surface area contributed by atoms with Gasteiger partial charge in [0, 0.05) is 17.8 Å². The number of anilines is 1. The second-order valence-electron chi connectivity index (χ2n) is 4.24. The fourth-order valence-electron chi connectivity index (χ4n) is 1.74. The van der Waals surface area contributed by atoms with Crippen LogP contribution in [-0.2, 0) is 0 Å². The minimum atomic E-state index is -0.403. The standard InChI is InChI=1S/C16H14N2O2.ClH/c17-15-9-3-7-13(11-15)5-1-2-6-14-8-4-10-16(12-14)18(19)20;/h1-12H,17H2;1H. The summed E-state index contributed by atoms with van der Waals surface area (Å²) in [6.07, 6.45) is 7.44. The number of hydrogen-bond donors (Lipinski definition) is 1. The van der Waals surface area contributed by atoms with E-state index < -0.39 is 4.92 Å². The van der Waals surface area contributed by atoms with Gasteiger partial charge in [-0.3, -0.25) is 10.1 Å². The minimum absolute atomic E-state index is 0. The molecule has 108 valence electrons. The topological polar surface area (TPSA) is 69.2 Å². The Morgan fingerprint density at radius 3 is 2.10 bits per heavy atom. The highest BCUT2D eigenvalue weighted by molar-refractivity contribution is 5.85. The quantitative estimate of drug-likeness (QED) is 0.395. The maximum atomic E-state index is 10.7. The van der Waals surface area contributed by atoms with Gasteiger partial charge >= 0.3 is 0 Å². The molecule has 0 aromatic heterocycles. The molecule has 2 aromatic rings. The van der Waals surface area contributed by atoms with E-state index >= 15 is 0 Å². The molecule has 0 unspecified atom stereocenters. The second-order valence-corrected chi connectivity index (χ2v) is 4.24. The Bertz CT molecular complexity index is 681. The molecule has 2 aromatic carbocycles. The fraction of sp³-hybridized carbons (Fsp3) is 0. The Labute approximate surface area is 129 Å². The number of nitrogens with zero attached hydrogens (tertiary/aromatic N) is 1. The van der Waals surface area contributed by atoms with Crippen molar-refractivity contribution in [2.24, 2.45) is 0 Å². The van der Waals surface area contributed by atoms with E-state index in [9.17, 15) is 10.1 Å². The third-order valence-corrected chi connectivity index (χ3v) is 2.68. The molecule has 0 spiro atoms. The van der Waals surface area contributed by atoms with E-state index in [0.29, 0.717) is 0 Å². The van der Waals surface area contributed by atoms with Crippen LogP contribution in [0.15, 0.2) is 60.7 Å². The van der Waals surface area contributed by atoms with E-state index in [1.54, 1.807) is 6.07 Å². The summed E-state index contributed by atoms with van der Waals surface area (Å²) in [5.74, 6) is 0. The number of nitro benzene ring substituents is 1. The van der Waals surface area contributed by atoms with Gasteiger partial charge in [0.2, 0.25) is 0 Å². The van der Waals surface area contributed by atoms with Crippen molar-refractivity contribution >= 4 is 35.9 Å². The van der Waals surface area contributed by atoms with Crippen molar-refractivity contribution in [3.63, 3.8) is 0 Å². The average Bonchev–Trinajstić information content (AvgIpc) is 2.44. The zero-order valence-electron chi connectivity index (χ0n) is 11.2. The van der Waals surface area contributed by atoms with Crippen LogP contribution in [0.5, 0.6) is 0 Å². The number of nitrogen functional groups attached to an aromatic ring is 1. The van der Waals surface area contributed by atoms with Crippen molar-refractivity contribution in [3.05, 3.63) is 81.9 Å². The van der Waals surface area contributed by atoms with Gasteiger partial charge < -0.3 is 5.73 Å². The van der Waals surface area contributed by atoms with Gasteiger partial charge in [-0.05, 0) is 23.3 Å². The van der Waals surface area contributed by atoms with E-state index in [4.69, 9.17) is 5.73 Å². The molecule has 0 amide bonds. The van der Waals surface area contributed by atoms with Gasteiger partial charge in [0.15, 0.2) is 0 Å². The Morgan fingerprint density at radius 2 is 1.52 bits per heavy atom. The van der Waals surface area contributed by atoms with Gasteiger partial charge in [-0.15, -0.1) is 12.4 Å². The van der Waals surface area contributed by atoms with Crippen LogP contribution in [0.25, 0.3) is 12.2 Å². The van der Waals surface area contributed by atoms with Crippen molar-refractivity contribution in [1.29, 1.82) is 0 Å². The summed E-state index contributed by atoms with van der Waals surface area (Å²) in [7, 11) is 0. The highest BCUT2D eigenvalue weighted by Crippen LogP contribution is 2.14. The smallest absolute Gasteiger partial charge is 0.270 e. The first-order chi connectivity index (χ1) is 9.65. The summed E-state index contributed by atoms with van der Waals surface area (Å²) >= 11 is 0. The molecule has 2 rings (SSSR count). The zero-order valence-corrected chi connectivity index (χ0v) is 12.0. The highest BCUT2D eigenvalue weighted by atomic mass is 35.5. The number of halogens is 1. The van der Waals surface area contributed by atoms with Gasteiger partial charge in [0.05, 0.1) is 4.92 Å². The number of hydrogen-bond acceptors (Lipinski definition) is 3. The summed E-state index contributed by atoms with van der Waals surface area (Å²) in [6, 6.07) is 14.0. The molecule has 4 nitrogen and oxygen atoms in total. The molecule has 0 aliphatic rings. The molecule has 21 heavy (non-hydrogen) atoms. The predicted octanol–water partition coefficient (Wildman–Crippen LogP) is 4.33. The third kappa shape index (κ3) is 5.12. The van der Waals surface area contributed by atoms with Crippen LogP contribution in [0.2, 0.25) is 0 Å². The van der Waals surface area contributed by atoms with Crippen LogP contribution >= 0.6 is 12.4 Å². The van der Waals surface area contributed by atoms with E-state index in [-0.39, 0.29) is 18.1 Å². The lowest BCUT2D eigenvalue weighted by molar-refractivity contribution is -0.384. The van der Waals surface area contributed by atoms with Gasteiger partial charge in [-0.2, -0.15) is 0 Å². The average molecular weight is 303 g/mol. The van der Waals surface area contributed by atoms with Crippen molar-refractivity contribution in [3.8, 4) is 0 Å². The predicted molar refractivity (Wildman–Crippen MR) is 89.3 cm³/mol. The zero-order chi connectivity index (χ0) is 14.4. The van der Waals surface area contributed by atoms with Gasteiger partial charge in [-0.25, -0.2) is 0 Å². The molecular weight excluding hydrogens is 288 g/mol. The Kier molecular flexibility index (Phi) is 6.17. The molecule has 0 fully saturated rings. The third-order valence-electron chi connectivity index (χ3n) is 2.68. The minimum Gasteiger partial charge on any atom is -0.399 e.